The van der Waals surface area contributed by atoms with Crippen molar-refractivity contribution < 1.29 is 0 Å². The topological polar surface area (TPSA) is 0 Å². The zero-order chi connectivity index (χ0) is 10.6. The molecule has 0 fully saturated rings. The van der Waals surface area contributed by atoms with Crippen LogP contribution in [0.3, 0.4) is 0 Å². The molecule has 0 amide bonds. The molecule has 0 nitrogen and oxygen atoms in total. The Hall–Kier alpha value is -0.460. The van der Waals surface area contributed by atoms with E-state index in [-0.39, 0.29) is 10.8 Å². The van der Waals surface area contributed by atoms with E-state index in [1.54, 1.807) is 0 Å². The van der Waals surface area contributed by atoms with E-state index in [4.69, 9.17) is 23.2 Å². The van der Waals surface area contributed by atoms with Crippen molar-refractivity contribution in [2.75, 3.05) is 0 Å². The first-order valence-electron chi connectivity index (χ1n) is 4.66. The highest BCUT2D eigenvalue weighted by molar-refractivity contribution is 6.21. The largest absolute Gasteiger partial charge is 0.119 e. The second kappa shape index (κ2) is 5.43. The van der Waals surface area contributed by atoms with Crippen LogP contribution in [-0.2, 0) is 0 Å². The highest BCUT2D eigenvalue weighted by Crippen LogP contribution is 2.20. The van der Waals surface area contributed by atoms with Gasteiger partial charge < -0.3 is 0 Å². The third kappa shape index (κ3) is 3.73. The van der Waals surface area contributed by atoms with Crippen molar-refractivity contribution in [3.05, 3.63) is 41.5 Å². The van der Waals surface area contributed by atoms with Gasteiger partial charge in [-0.25, -0.2) is 0 Å². The van der Waals surface area contributed by atoms with E-state index in [1.807, 2.05) is 44.2 Å². The fraction of sp³-hybridized carbons (Fsp3) is 0.333. The van der Waals surface area contributed by atoms with Crippen LogP contribution in [0.2, 0.25) is 0 Å². The molecule has 2 atom stereocenters. The van der Waals surface area contributed by atoms with E-state index in [2.05, 4.69) is 6.07 Å². The summed E-state index contributed by atoms with van der Waals surface area (Å²) in [4.78, 5) is 0. The quantitative estimate of drug-likeness (QED) is 0.663. The average Bonchev–Trinajstić information content (AvgIpc) is 2.15. The molecule has 0 bridgehead atoms. The molecule has 2 unspecified atom stereocenters. The molecule has 0 saturated heterocycles. The number of benzene rings is 1. The Morgan fingerprint density at radius 2 is 1.93 bits per heavy atom. The molecule has 1 aromatic carbocycles. The zero-order valence-electron chi connectivity index (χ0n) is 8.37. The molecule has 76 valence electrons. The van der Waals surface area contributed by atoms with Gasteiger partial charge in [-0.05, 0) is 25.0 Å². The number of allylic oxidation sites excluding steroid dienone is 1. The van der Waals surface area contributed by atoms with Crippen LogP contribution < -0.4 is 0 Å². The molecular weight excluding hydrogens is 215 g/mol. The summed E-state index contributed by atoms with van der Waals surface area (Å²) in [7, 11) is 0. The summed E-state index contributed by atoms with van der Waals surface area (Å²) in [5.41, 5.74) is 2.28. The van der Waals surface area contributed by atoms with E-state index >= 15 is 0 Å². The number of halogens is 2. The molecule has 0 saturated carbocycles. The lowest BCUT2D eigenvalue weighted by Gasteiger charge is -2.03. The maximum atomic E-state index is 5.99. The average molecular weight is 229 g/mol. The van der Waals surface area contributed by atoms with Crippen LogP contribution in [0.4, 0.5) is 0 Å². The summed E-state index contributed by atoms with van der Waals surface area (Å²) in [6, 6.07) is 8.15. The number of rotatable bonds is 3. The highest BCUT2D eigenvalue weighted by Gasteiger charge is 2.00. The van der Waals surface area contributed by atoms with Gasteiger partial charge in [-0.2, -0.15) is 0 Å². The summed E-state index contributed by atoms with van der Waals surface area (Å²) < 4.78 is 0. The molecule has 1 rings (SSSR count). The lowest BCUT2D eigenvalue weighted by Crippen LogP contribution is -1.85. The van der Waals surface area contributed by atoms with Crippen LogP contribution in [0.5, 0.6) is 0 Å². The second-order valence-electron chi connectivity index (χ2n) is 3.32. The van der Waals surface area contributed by atoms with E-state index in [0.29, 0.717) is 0 Å². The first kappa shape index (κ1) is 11.6. The molecule has 0 spiro atoms. The fourth-order valence-electron chi connectivity index (χ4n) is 1.15. The van der Waals surface area contributed by atoms with Crippen LogP contribution >= 0.6 is 23.2 Å². The molecule has 0 N–H and O–H groups in total. The maximum absolute atomic E-state index is 5.99. The molecule has 0 aliphatic heterocycles. The molecule has 1 aromatic rings. The summed E-state index contributed by atoms with van der Waals surface area (Å²) in [6.07, 6.45) is 3.97. The molecule has 2 heteroatoms. The molecule has 0 aliphatic rings. The predicted octanol–water partition coefficient (Wildman–Crippen LogP) is 4.63. The number of hydrogen-bond donors (Lipinski definition) is 0. The van der Waals surface area contributed by atoms with Gasteiger partial charge in [0.2, 0.25) is 0 Å². The minimum Gasteiger partial charge on any atom is -0.119 e. The Morgan fingerprint density at radius 3 is 2.50 bits per heavy atom. The molecule has 0 aliphatic carbocycles. The van der Waals surface area contributed by atoms with E-state index in [1.165, 1.54) is 0 Å². The van der Waals surface area contributed by atoms with E-state index < -0.39 is 0 Å². The van der Waals surface area contributed by atoms with Gasteiger partial charge in [0.1, 0.15) is 0 Å². The van der Waals surface area contributed by atoms with Crippen LogP contribution in [0.25, 0.3) is 6.08 Å². The zero-order valence-corrected chi connectivity index (χ0v) is 9.89. The Balaban J connectivity index is 2.83. The van der Waals surface area contributed by atoms with Crippen molar-refractivity contribution in [2.24, 2.45) is 0 Å². The van der Waals surface area contributed by atoms with Gasteiger partial charge in [-0.15, -0.1) is 23.2 Å². The van der Waals surface area contributed by atoms with E-state index in [9.17, 15) is 0 Å². The second-order valence-corrected chi connectivity index (χ2v) is 4.67. The Kier molecular flexibility index (Phi) is 4.50. The van der Waals surface area contributed by atoms with Gasteiger partial charge in [0.05, 0.1) is 5.38 Å². The highest BCUT2D eigenvalue weighted by atomic mass is 35.5. The summed E-state index contributed by atoms with van der Waals surface area (Å²) in [5, 5.41) is 0.115. The molecular formula is C12H14Cl2. The van der Waals surface area contributed by atoms with Crippen LogP contribution in [0.1, 0.15) is 30.4 Å². The lowest BCUT2D eigenvalue weighted by atomic mass is 10.1. The van der Waals surface area contributed by atoms with Crippen molar-refractivity contribution >= 4 is 29.3 Å². The van der Waals surface area contributed by atoms with Gasteiger partial charge in [-0.3, -0.25) is 0 Å². The minimum absolute atomic E-state index is 0.0526. The lowest BCUT2D eigenvalue weighted by molar-refractivity contribution is 1.08. The third-order valence-corrected chi connectivity index (χ3v) is 2.32. The standard InChI is InChI=1S/C12H14Cl2/c1-9(13)6-7-11-4-3-5-12(8-11)10(2)14/h3-10H,1-2H3. The Morgan fingerprint density at radius 1 is 1.21 bits per heavy atom. The van der Waals surface area contributed by atoms with Crippen molar-refractivity contribution in [1.29, 1.82) is 0 Å². The molecule has 0 aromatic heterocycles. The minimum atomic E-state index is 0.0526. The normalized spacial score (nSPS) is 15.7. The Bertz CT molecular complexity index is 314. The van der Waals surface area contributed by atoms with E-state index in [0.717, 1.165) is 11.1 Å². The first-order chi connectivity index (χ1) is 6.59. The molecule has 0 radical (unpaired) electrons. The third-order valence-electron chi connectivity index (χ3n) is 1.92. The van der Waals surface area contributed by atoms with Gasteiger partial charge in [-0.1, -0.05) is 36.4 Å². The van der Waals surface area contributed by atoms with Crippen molar-refractivity contribution in [3.8, 4) is 0 Å². The van der Waals surface area contributed by atoms with Gasteiger partial charge in [0, 0.05) is 5.38 Å². The first-order valence-corrected chi connectivity index (χ1v) is 5.53. The number of alkyl halides is 2. The van der Waals surface area contributed by atoms with Crippen LogP contribution in [0.15, 0.2) is 30.3 Å². The Labute approximate surface area is 95.5 Å². The van der Waals surface area contributed by atoms with Gasteiger partial charge in [0.25, 0.3) is 0 Å². The summed E-state index contributed by atoms with van der Waals surface area (Å²) in [6.45, 7) is 3.90. The van der Waals surface area contributed by atoms with Crippen LogP contribution in [0, 0.1) is 0 Å². The monoisotopic (exact) mass is 228 g/mol. The molecule has 14 heavy (non-hydrogen) atoms. The van der Waals surface area contributed by atoms with Crippen molar-refractivity contribution in [1.82, 2.24) is 0 Å². The fourth-order valence-corrected chi connectivity index (χ4v) is 1.36. The van der Waals surface area contributed by atoms with Crippen molar-refractivity contribution in [3.63, 3.8) is 0 Å². The van der Waals surface area contributed by atoms with Crippen LogP contribution in [-0.4, -0.2) is 5.38 Å². The smallest absolute Gasteiger partial charge is 0.0557 e. The summed E-state index contributed by atoms with van der Waals surface area (Å²) >= 11 is 11.8. The summed E-state index contributed by atoms with van der Waals surface area (Å²) in [5.74, 6) is 0. The SMILES string of the molecule is CC(Cl)C=Cc1cccc(C(C)Cl)c1. The van der Waals surface area contributed by atoms with Gasteiger partial charge in [0.15, 0.2) is 0 Å². The number of hydrogen-bond acceptors (Lipinski definition) is 0. The predicted molar refractivity (Wildman–Crippen MR) is 65.1 cm³/mol. The van der Waals surface area contributed by atoms with Gasteiger partial charge >= 0.3 is 0 Å². The van der Waals surface area contributed by atoms with Crippen molar-refractivity contribution in [2.45, 2.75) is 24.6 Å². The molecule has 0 heterocycles. The maximum Gasteiger partial charge on any atom is 0.0557 e.